The van der Waals surface area contributed by atoms with E-state index >= 15 is 0 Å². The van der Waals surface area contributed by atoms with Gasteiger partial charge in [-0.1, -0.05) is 12.1 Å². The third-order valence-electron chi connectivity index (χ3n) is 2.76. The second-order valence-corrected chi connectivity index (χ2v) is 5.30. The zero-order valence-electron chi connectivity index (χ0n) is 11.2. The Bertz CT molecular complexity index is 392. The average molecular weight is 251 g/mol. The first-order chi connectivity index (χ1) is 8.28. The van der Waals surface area contributed by atoms with E-state index in [9.17, 15) is 9.90 Å². The number of nitrogens with zero attached hydrogens (tertiary/aromatic N) is 1. The molecule has 1 rings (SSSR count). The van der Waals surface area contributed by atoms with Crippen molar-refractivity contribution in [2.24, 2.45) is 0 Å². The molecule has 0 radical (unpaired) electrons. The molecule has 0 spiro atoms. The highest BCUT2D eigenvalue weighted by molar-refractivity contribution is 5.87. The van der Waals surface area contributed by atoms with E-state index < -0.39 is 11.6 Å². The van der Waals surface area contributed by atoms with Gasteiger partial charge in [-0.25, -0.2) is 4.79 Å². The van der Waals surface area contributed by atoms with Crippen molar-refractivity contribution in [3.05, 3.63) is 35.4 Å². The largest absolute Gasteiger partial charge is 0.478 e. The van der Waals surface area contributed by atoms with Gasteiger partial charge in [0, 0.05) is 13.1 Å². The van der Waals surface area contributed by atoms with E-state index in [1.807, 2.05) is 19.2 Å². The highest BCUT2D eigenvalue weighted by Crippen LogP contribution is 2.11. The number of hydrogen-bond donors (Lipinski definition) is 2. The minimum Gasteiger partial charge on any atom is -0.478 e. The van der Waals surface area contributed by atoms with Crippen molar-refractivity contribution in [2.45, 2.75) is 32.4 Å². The third kappa shape index (κ3) is 5.29. The van der Waals surface area contributed by atoms with E-state index in [0.717, 1.165) is 18.7 Å². The van der Waals surface area contributed by atoms with Crippen LogP contribution in [0, 0.1) is 0 Å². The lowest BCUT2D eigenvalue weighted by Crippen LogP contribution is -2.28. The summed E-state index contributed by atoms with van der Waals surface area (Å²) >= 11 is 0. The number of hydrogen-bond acceptors (Lipinski definition) is 3. The van der Waals surface area contributed by atoms with Crippen molar-refractivity contribution in [2.75, 3.05) is 13.6 Å². The van der Waals surface area contributed by atoms with E-state index in [-0.39, 0.29) is 0 Å². The zero-order chi connectivity index (χ0) is 13.8. The van der Waals surface area contributed by atoms with Crippen LogP contribution in [-0.4, -0.2) is 40.3 Å². The number of aliphatic hydroxyl groups is 1. The molecule has 0 amide bonds. The van der Waals surface area contributed by atoms with Crippen LogP contribution in [0.25, 0.3) is 0 Å². The number of rotatable bonds is 6. The summed E-state index contributed by atoms with van der Waals surface area (Å²) in [6, 6.07) is 6.87. The van der Waals surface area contributed by atoms with Gasteiger partial charge in [0.05, 0.1) is 11.2 Å². The van der Waals surface area contributed by atoms with Gasteiger partial charge >= 0.3 is 5.97 Å². The van der Waals surface area contributed by atoms with E-state index in [4.69, 9.17) is 5.11 Å². The molecule has 0 aliphatic carbocycles. The number of carboxylic acid groups (broad SMARTS) is 1. The first-order valence-corrected chi connectivity index (χ1v) is 6.01. The van der Waals surface area contributed by atoms with Crippen LogP contribution >= 0.6 is 0 Å². The predicted molar refractivity (Wildman–Crippen MR) is 70.7 cm³/mol. The van der Waals surface area contributed by atoms with E-state index in [1.165, 1.54) is 0 Å². The average Bonchev–Trinajstić information content (AvgIpc) is 2.26. The smallest absolute Gasteiger partial charge is 0.335 e. The maximum absolute atomic E-state index is 10.7. The molecular formula is C14H21NO3. The van der Waals surface area contributed by atoms with Crippen molar-refractivity contribution >= 4 is 5.97 Å². The summed E-state index contributed by atoms with van der Waals surface area (Å²) in [5.74, 6) is -0.906. The molecule has 0 saturated heterocycles. The van der Waals surface area contributed by atoms with Crippen LogP contribution in [0.15, 0.2) is 24.3 Å². The minimum absolute atomic E-state index is 0.304. The van der Waals surface area contributed by atoms with E-state index in [2.05, 4.69) is 4.90 Å². The Hall–Kier alpha value is -1.39. The molecule has 1 aromatic carbocycles. The van der Waals surface area contributed by atoms with Crippen LogP contribution in [-0.2, 0) is 6.54 Å². The summed E-state index contributed by atoms with van der Waals surface area (Å²) in [6.45, 7) is 5.13. The van der Waals surface area contributed by atoms with Gasteiger partial charge in [-0.2, -0.15) is 0 Å². The van der Waals surface area contributed by atoms with Gasteiger partial charge in [-0.3, -0.25) is 0 Å². The first kappa shape index (κ1) is 14.7. The molecule has 0 bridgehead atoms. The summed E-state index contributed by atoms with van der Waals surface area (Å²) in [5.41, 5.74) is 0.720. The van der Waals surface area contributed by atoms with Gasteiger partial charge in [-0.05, 0) is 45.0 Å². The number of aromatic carboxylic acids is 1. The number of carbonyl (C=O) groups is 1. The van der Waals surface area contributed by atoms with Crippen LogP contribution in [0.4, 0.5) is 0 Å². The molecule has 0 heterocycles. The summed E-state index contributed by atoms with van der Waals surface area (Å²) in [6.07, 6.45) is 0.705. The number of benzene rings is 1. The van der Waals surface area contributed by atoms with E-state index in [1.54, 1.807) is 26.0 Å². The Labute approximate surface area is 108 Å². The molecule has 0 unspecified atom stereocenters. The second kappa shape index (κ2) is 5.98. The molecule has 100 valence electrons. The molecule has 0 atom stereocenters. The summed E-state index contributed by atoms with van der Waals surface area (Å²) in [4.78, 5) is 12.8. The lowest BCUT2D eigenvalue weighted by atomic mass is 10.1. The zero-order valence-corrected chi connectivity index (χ0v) is 11.2. The molecule has 2 N–H and O–H groups in total. The predicted octanol–water partition coefficient (Wildman–Crippen LogP) is 1.98. The maximum atomic E-state index is 10.7. The Kier molecular flexibility index (Phi) is 4.87. The van der Waals surface area contributed by atoms with Crippen molar-refractivity contribution in [3.8, 4) is 0 Å². The van der Waals surface area contributed by atoms with Gasteiger partial charge in [-0.15, -0.1) is 0 Å². The third-order valence-corrected chi connectivity index (χ3v) is 2.76. The molecule has 0 fully saturated rings. The SMILES string of the molecule is CN(CCC(C)(C)O)Cc1ccc(C(=O)O)cc1. The highest BCUT2D eigenvalue weighted by Gasteiger charge is 2.13. The lowest BCUT2D eigenvalue weighted by molar-refractivity contribution is 0.0598. The molecular weight excluding hydrogens is 230 g/mol. The standard InChI is InChI=1S/C14H21NO3/c1-14(2,18)8-9-15(3)10-11-4-6-12(7-5-11)13(16)17/h4-7,18H,8-10H2,1-3H3,(H,16,17). The van der Waals surface area contributed by atoms with Crippen LogP contribution in [0.1, 0.15) is 36.2 Å². The number of carboxylic acids is 1. The fourth-order valence-electron chi connectivity index (χ4n) is 1.61. The molecule has 4 nitrogen and oxygen atoms in total. The van der Waals surface area contributed by atoms with Crippen LogP contribution in [0.3, 0.4) is 0 Å². The summed E-state index contributed by atoms with van der Waals surface area (Å²) < 4.78 is 0. The topological polar surface area (TPSA) is 60.8 Å². The van der Waals surface area contributed by atoms with Crippen molar-refractivity contribution in [3.63, 3.8) is 0 Å². The van der Waals surface area contributed by atoms with Gasteiger partial charge in [0.2, 0.25) is 0 Å². The van der Waals surface area contributed by atoms with Crippen LogP contribution < -0.4 is 0 Å². The van der Waals surface area contributed by atoms with Crippen molar-refractivity contribution in [1.82, 2.24) is 4.90 Å². The molecule has 18 heavy (non-hydrogen) atoms. The quantitative estimate of drug-likeness (QED) is 0.811. The summed E-state index contributed by atoms with van der Waals surface area (Å²) in [5, 5.41) is 18.4. The maximum Gasteiger partial charge on any atom is 0.335 e. The van der Waals surface area contributed by atoms with Gasteiger partial charge < -0.3 is 15.1 Å². The fraction of sp³-hybridized carbons (Fsp3) is 0.500. The van der Waals surface area contributed by atoms with Gasteiger partial charge in [0.25, 0.3) is 0 Å². The van der Waals surface area contributed by atoms with Crippen LogP contribution in [0.2, 0.25) is 0 Å². The first-order valence-electron chi connectivity index (χ1n) is 6.01. The Balaban J connectivity index is 2.49. The molecule has 1 aromatic rings. The Morgan fingerprint density at radius 2 is 1.83 bits per heavy atom. The van der Waals surface area contributed by atoms with Crippen molar-refractivity contribution in [1.29, 1.82) is 0 Å². The van der Waals surface area contributed by atoms with Crippen LogP contribution in [0.5, 0.6) is 0 Å². The summed E-state index contributed by atoms with van der Waals surface area (Å²) in [7, 11) is 1.98. The molecule has 4 heteroatoms. The van der Waals surface area contributed by atoms with Crippen molar-refractivity contribution < 1.29 is 15.0 Å². The molecule has 0 aromatic heterocycles. The lowest BCUT2D eigenvalue weighted by Gasteiger charge is -2.22. The normalized spacial score (nSPS) is 11.8. The fourth-order valence-corrected chi connectivity index (χ4v) is 1.61. The molecule has 0 aliphatic heterocycles. The molecule has 0 saturated carbocycles. The molecule has 0 aliphatic rings. The highest BCUT2D eigenvalue weighted by atomic mass is 16.4. The Morgan fingerprint density at radius 3 is 2.28 bits per heavy atom. The van der Waals surface area contributed by atoms with Gasteiger partial charge in [0.15, 0.2) is 0 Å². The van der Waals surface area contributed by atoms with Gasteiger partial charge in [0.1, 0.15) is 0 Å². The minimum atomic E-state index is -0.906. The van der Waals surface area contributed by atoms with E-state index in [0.29, 0.717) is 12.0 Å². The Morgan fingerprint density at radius 1 is 1.28 bits per heavy atom. The monoisotopic (exact) mass is 251 g/mol. The second-order valence-electron chi connectivity index (χ2n) is 5.30.